The molecule has 2 aromatic heterocycles. The first-order valence-corrected chi connectivity index (χ1v) is 8.21. The normalized spacial score (nSPS) is 11.9. The zero-order chi connectivity index (χ0) is 13.5. The number of halogens is 3. The molecule has 0 amide bonds. The minimum absolute atomic E-state index is 0.107. The minimum atomic E-state index is -0.107. The van der Waals surface area contributed by atoms with E-state index in [1.807, 2.05) is 0 Å². The summed E-state index contributed by atoms with van der Waals surface area (Å²) in [5.74, 6) is 0.584. The monoisotopic (exact) mass is 457 g/mol. The fourth-order valence-electron chi connectivity index (χ4n) is 1.37. The lowest BCUT2D eigenvalue weighted by atomic mass is 9.92. The average Bonchev–Trinajstić information content (AvgIpc) is 2.67. The molecule has 0 fully saturated rings. The Morgan fingerprint density at radius 2 is 2.00 bits per heavy atom. The van der Waals surface area contributed by atoms with E-state index in [0.29, 0.717) is 11.0 Å². The molecule has 0 bridgehead atoms. The minimum Gasteiger partial charge on any atom is -0.240 e. The van der Waals surface area contributed by atoms with E-state index < -0.39 is 0 Å². The lowest BCUT2D eigenvalue weighted by Crippen LogP contribution is -2.16. The Balaban J connectivity index is 2.61. The van der Waals surface area contributed by atoms with Crippen molar-refractivity contribution in [1.29, 1.82) is 0 Å². The van der Waals surface area contributed by atoms with Gasteiger partial charge in [-0.05, 0) is 38.5 Å². The Kier molecular flexibility index (Phi) is 4.30. The predicted octanol–water partition coefficient (Wildman–Crippen LogP) is 4.92. The third kappa shape index (κ3) is 3.02. The molecule has 0 saturated heterocycles. The fraction of sp³-hybridized carbons (Fsp3) is 0.364. The molecule has 0 atom stereocenters. The Morgan fingerprint density at radius 3 is 2.50 bits per heavy atom. The fourth-order valence-corrected chi connectivity index (χ4v) is 3.65. The predicted molar refractivity (Wildman–Crippen MR) is 87.3 cm³/mol. The topological polar surface area (TPSA) is 38.7 Å². The second-order valence-corrected chi connectivity index (χ2v) is 8.80. The Bertz CT molecular complexity index is 594. The summed E-state index contributed by atoms with van der Waals surface area (Å²) >= 11 is 13.4. The highest BCUT2D eigenvalue weighted by Crippen LogP contribution is 2.34. The van der Waals surface area contributed by atoms with Crippen molar-refractivity contribution in [3.63, 3.8) is 0 Å². The van der Waals surface area contributed by atoms with Gasteiger partial charge in [-0.1, -0.05) is 32.4 Å². The van der Waals surface area contributed by atoms with Crippen LogP contribution in [0.25, 0.3) is 10.8 Å². The third-order valence-electron chi connectivity index (χ3n) is 2.19. The van der Waals surface area contributed by atoms with Gasteiger partial charge in [0.15, 0.2) is 10.8 Å². The molecule has 96 valence electrons. The van der Waals surface area contributed by atoms with Crippen LogP contribution >= 0.6 is 61.5 Å². The van der Waals surface area contributed by atoms with Gasteiger partial charge in [0, 0.05) is 5.41 Å². The van der Waals surface area contributed by atoms with Crippen LogP contribution in [0.2, 0.25) is 5.15 Å². The van der Waals surface area contributed by atoms with E-state index in [2.05, 4.69) is 74.2 Å². The first-order valence-electron chi connectivity index (χ1n) is 5.14. The van der Waals surface area contributed by atoms with Crippen LogP contribution < -0.4 is 0 Å². The van der Waals surface area contributed by atoms with Gasteiger partial charge in [0.1, 0.15) is 5.15 Å². The average molecular weight is 459 g/mol. The van der Waals surface area contributed by atoms with E-state index in [1.54, 1.807) is 17.5 Å². The molecule has 0 aromatic carbocycles. The number of nitrogens with zero attached hydrogens (tertiary/aromatic N) is 3. The highest BCUT2D eigenvalue weighted by molar-refractivity contribution is 14.1. The lowest BCUT2D eigenvalue weighted by Gasteiger charge is -2.20. The zero-order valence-electron chi connectivity index (χ0n) is 9.96. The molecular formula is C11H10BrClIN3S. The van der Waals surface area contributed by atoms with E-state index in [-0.39, 0.29) is 5.41 Å². The second-order valence-electron chi connectivity index (χ2n) is 4.72. The molecule has 2 heterocycles. The molecule has 0 unspecified atom stereocenters. The summed E-state index contributed by atoms with van der Waals surface area (Å²) in [6, 6.07) is 0. The van der Waals surface area contributed by atoms with Crippen LogP contribution in [-0.2, 0) is 5.41 Å². The van der Waals surface area contributed by atoms with Gasteiger partial charge in [-0.25, -0.2) is 15.0 Å². The quantitative estimate of drug-likeness (QED) is 0.450. The van der Waals surface area contributed by atoms with Crippen molar-refractivity contribution < 1.29 is 0 Å². The Morgan fingerprint density at radius 1 is 1.33 bits per heavy atom. The van der Waals surface area contributed by atoms with Crippen molar-refractivity contribution in [3.05, 3.63) is 24.4 Å². The molecule has 7 heteroatoms. The van der Waals surface area contributed by atoms with E-state index in [9.17, 15) is 0 Å². The van der Waals surface area contributed by atoms with E-state index in [0.717, 1.165) is 18.1 Å². The van der Waals surface area contributed by atoms with Gasteiger partial charge in [-0.2, -0.15) is 0 Å². The standard InChI is InChI=1S/C11H10BrClIN3S/c1-11(2,3)7-6(12)8(13)17-9(16-7)10-15-4-5(14)18-10/h4H,1-3H3. The molecule has 3 nitrogen and oxygen atoms in total. The molecule has 0 N–H and O–H groups in total. The van der Waals surface area contributed by atoms with Gasteiger partial charge in [0.05, 0.1) is 19.2 Å². The van der Waals surface area contributed by atoms with Crippen molar-refractivity contribution in [3.8, 4) is 10.8 Å². The van der Waals surface area contributed by atoms with E-state index in [1.165, 1.54) is 0 Å². The van der Waals surface area contributed by atoms with Crippen molar-refractivity contribution in [2.45, 2.75) is 26.2 Å². The summed E-state index contributed by atoms with van der Waals surface area (Å²) in [4.78, 5) is 13.2. The van der Waals surface area contributed by atoms with Gasteiger partial charge in [0.2, 0.25) is 0 Å². The molecule has 2 aromatic rings. The van der Waals surface area contributed by atoms with Crippen molar-refractivity contribution >= 4 is 61.5 Å². The third-order valence-corrected chi connectivity index (χ3v) is 5.16. The Labute approximate surface area is 137 Å². The van der Waals surface area contributed by atoms with Crippen LogP contribution in [0.15, 0.2) is 10.7 Å². The van der Waals surface area contributed by atoms with E-state index >= 15 is 0 Å². The maximum absolute atomic E-state index is 6.16. The zero-order valence-corrected chi connectivity index (χ0v) is 15.3. The molecule has 0 aliphatic carbocycles. The number of hydrogen-bond acceptors (Lipinski definition) is 4. The lowest BCUT2D eigenvalue weighted by molar-refractivity contribution is 0.564. The number of rotatable bonds is 1. The summed E-state index contributed by atoms with van der Waals surface area (Å²) in [6.07, 6.45) is 1.80. The van der Waals surface area contributed by atoms with Gasteiger partial charge >= 0.3 is 0 Å². The molecule has 0 spiro atoms. The highest BCUT2D eigenvalue weighted by Gasteiger charge is 2.23. The van der Waals surface area contributed by atoms with Crippen LogP contribution in [0.4, 0.5) is 0 Å². The van der Waals surface area contributed by atoms with Gasteiger partial charge in [-0.3, -0.25) is 0 Å². The summed E-state index contributed by atoms with van der Waals surface area (Å²) in [5, 5.41) is 1.22. The molecule has 18 heavy (non-hydrogen) atoms. The van der Waals surface area contributed by atoms with Crippen LogP contribution in [-0.4, -0.2) is 15.0 Å². The van der Waals surface area contributed by atoms with E-state index in [4.69, 9.17) is 11.6 Å². The summed E-state index contributed by atoms with van der Waals surface area (Å²) in [7, 11) is 0. The summed E-state index contributed by atoms with van der Waals surface area (Å²) < 4.78 is 1.86. The number of aromatic nitrogens is 3. The molecule has 2 rings (SSSR count). The second kappa shape index (κ2) is 5.30. The van der Waals surface area contributed by atoms with Crippen LogP contribution in [0, 0.1) is 2.88 Å². The molecule has 0 radical (unpaired) electrons. The smallest absolute Gasteiger partial charge is 0.190 e. The Hall–Kier alpha value is 0.210. The summed E-state index contributed by atoms with van der Waals surface area (Å²) in [5.41, 5.74) is 0.785. The van der Waals surface area contributed by atoms with Gasteiger partial charge < -0.3 is 0 Å². The first kappa shape index (κ1) is 14.6. The molecular weight excluding hydrogens is 448 g/mol. The van der Waals surface area contributed by atoms with Crippen LogP contribution in [0.5, 0.6) is 0 Å². The molecule has 0 aliphatic rings. The maximum atomic E-state index is 6.16. The number of hydrogen-bond donors (Lipinski definition) is 0. The van der Waals surface area contributed by atoms with Gasteiger partial charge in [-0.15, -0.1) is 11.3 Å². The van der Waals surface area contributed by atoms with Crippen molar-refractivity contribution in [1.82, 2.24) is 15.0 Å². The SMILES string of the molecule is CC(C)(C)c1nc(-c2ncc(I)s2)nc(Cl)c1Br. The largest absolute Gasteiger partial charge is 0.240 e. The molecule has 0 saturated carbocycles. The number of thiazole rings is 1. The van der Waals surface area contributed by atoms with Gasteiger partial charge in [0.25, 0.3) is 0 Å². The highest BCUT2D eigenvalue weighted by atomic mass is 127. The van der Waals surface area contributed by atoms with Crippen molar-refractivity contribution in [2.75, 3.05) is 0 Å². The maximum Gasteiger partial charge on any atom is 0.190 e. The first-order chi connectivity index (χ1) is 8.29. The van der Waals surface area contributed by atoms with Crippen LogP contribution in [0.1, 0.15) is 26.5 Å². The molecule has 0 aliphatic heterocycles. The van der Waals surface area contributed by atoms with Crippen LogP contribution in [0.3, 0.4) is 0 Å². The summed E-state index contributed by atoms with van der Waals surface area (Å²) in [6.45, 7) is 6.27. The van der Waals surface area contributed by atoms with Crippen molar-refractivity contribution in [2.24, 2.45) is 0 Å².